The van der Waals surface area contributed by atoms with Crippen LogP contribution >= 0.6 is 0 Å². The van der Waals surface area contributed by atoms with Gasteiger partial charge >= 0.3 is 5.97 Å². The standard InChI is InChI=1S/C21H17NO7/c1-3-7-27-19(23)12-28-16-8-13(2)20-17(11-16)29-18(21(20)24)10-14-5-4-6-15(9-14)22(25)26/h3-6,8-11H,1,7,12H2,2H3/b18-10-. The molecule has 0 N–H and O–H groups in total. The molecule has 0 saturated carbocycles. The fraction of sp³-hybridized carbons (Fsp3) is 0.143. The first-order chi connectivity index (χ1) is 13.9. The maximum absolute atomic E-state index is 12.7. The molecule has 0 spiro atoms. The summed E-state index contributed by atoms with van der Waals surface area (Å²) >= 11 is 0. The number of carbonyl (C=O) groups is 2. The van der Waals surface area contributed by atoms with Crippen LogP contribution in [-0.4, -0.2) is 29.9 Å². The summed E-state index contributed by atoms with van der Waals surface area (Å²) < 4.78 is 15.9. The number of nitro groups is 1. The van der Waals surface area contributed by atoms with Gasteiger partial charge in [0.25, 0.3) is 5.69 Å². The van der Waals surface area contributed by atoms with Crippen molar-refractivity contribution in [2.75, 3.05) is 13.2 Å². The molecule has 3 rings (SSSR count). The molecule has 0 aromatic heterocycles. The van der Waals surface area contributed by atoms with Gasteiger partial charge in [0.15, 0.2) is 12.4 Å². The van der Waals surface area contributed by atoms with Crippen molar-refractivity contribution >= 4 is 23.5 Å². The van der Waals surface area contributed by atoms with Crippen molar-refractivity contribution in [1.29, 1.82) is 0 Å². The lowest BCUT2D eigenvalue weighted by molar-refractivity contribution is -0.384. The summed E-state index contributed by atoms with van der Waals surface area (Å²) in [6.07, 6.45) is 2.90. The maximum atomic E-state index is 12.7. The van der Waals surface area contributed by atoms with Crippen LogP contribution in [0.4, 0.5) is 5.69 Å². The number of Topliss-reactive ketones (excluding diaryl/α,β-unsaturated/α-hetero) is 1. The van der Waals surface area contributed by atoms with Gasteiger partial charge in [0.05, 0.1) is 10.5 Å². The van der Waals surface area contributed by atoms with Gasteiger partial charge < -0.3 is 14.2 Å². The smallest absolute Gasteiger partial charge is 0.344 e. The lowest BCUT2D eigenvalue weighted by Gasteiger charge is -2.08. The number of ether oxygens (including phenoxy) is 3. The average Bonchev–Trinajstić information content (AvgIpc) is 3.00. The van der Waals surface area contributed by atoms with Crippen molar-refractivity contribution in [2.24, 2.45) is 0 Å². The Morgan fingerprint density at radius 2 is 2.10 bits per heavy atom. The lowest BCUT2D eigenvalue weighted by atomic mass is 10.0. The van der Waals surface area contributed by atoms with E-state index in [1.807, 2.05) is 0 Å². The van der Waals surface area contributed by atoms with E-state index in [0.717, 1.165) is 0 Å². The number of ketones is 1. The number of carbonyl (C=O) groups excluding carboxylic acids is 2. The van der Waals surface area contributed by atoms with E-state index in [2.05, 4.69) is 6.58 Å². The second kappa shape index (κ2) is 8.39. The Hall–Kier alpha value is -3.94. The summed E-state index contributed by atoms with van der Waals surface area (Å²) in [5, 5.41) is 10.9. The van der Waals surface area contributed by atoms with Crippen LogP contribution < -0.4 is 9.47 Å². The number of nitrogens with zero attached hydrogens (tertiary/aromatic N) is 1. The SMILES string of the molecule is C=CCOC(=O)COc1cc(C)c2c(c1)O/C(=C\c1cccc([N+](=O)[O-])c1)C2=O. The van der Waals surface area contributed by atoms with Gasteiger partial charge in [-0.1, -0.05) is 24.8 Å². The molecule has 29 heavy (non-hydrogen) atoms. The number of rotatable bonds is 7. The molecule has 0 saturated heterocycles. The first-order valence-electron chi connectivity index (χ1n) is 8.61. The molecule has 2 aromatic rings. The number of aryl methyl sites for hydroxylation is 1. The summed E-state index contributed by atoms with van der Waals surface area (Å²) in [6.45, 7) is 4.97. The summed E-state index contributed by atoms with van der Waals surface area (Å²) in [4.78, 5) is 34.6. The summed E-state index contributed by atoms with van der Waals surface area (Å²) in [7, 11) is 0. The molecule has 0 radical (unpaired) electrons. The average molecular weight is 395 g/mol. The Labute approximate surface area is 166 Å². The third-order valence-corrected chi connectivity index (χ3v) is 4.04. The fourth-order valence-corrected chi connectivity index (χ4v) is 2.78. The van der Waals surface area contributed by atoms with E-state index in [1.54, 1.807) is 19.1 Å². The molecule has 148 valence electrons. The van der Waals surface area contributed by atoms with E-state index in [0.29, 0.717) is 28.2 Å². The molecule has 1 aliphatic rings. The van der Waals surface area contributed by atoms with E-state index >= 15 is 0 Å². The molecule has 0 unspecified atom stereocenters. The highest BCUT2D eigenvalue weighted by molar-refractivity contribution is 6.15. The second-order valence-electron chi connectivity index (χ2n) is 6.17. The molecule has 0 bridgehead atoms. The van der Waals surface area contributed by atoms with Crippen molar-refractivity contribution in [3.63, 3.8) is 0 Å². The Kier molecular flexibility index (Phi) is 5.73. The minimum absolute atomic E-state index is 0.0474. The molecular weight excluding hydrogens is 378 g/mol. The minimum Gasteiger partial charge on any atom is -0.482 e. The zero-order valence-electron chi connectivity index (χ0n) is 15.5. The van der Waals surface area contributed by atoms with Crippen LogP contribution in [0.3, 0.4) is 0 Å². The molecule has 0 fully saturated rings. The molecule has 0 aliphatic carbocycles. The second-order valence-corrected chi connectivity index (χ2v) is 6.17. The minimum atomic E-state index is -0.550. The van der Waals surface area contributed by atoms with Gasteiger partial charge in [-0.05, 0) is 30.2 Å². The van der Waals surface area contributed by atoms with Crippen LogP contribution in [0.1, 0.15) is 21.5 Å². The summed E-state index contributed by atoms with van der Waals surface area (Å²) in [6, 6.07) is 9.01. The highest BCUT2D eigenvalue weighted by Gasteiger charge is 2.30. The third kappa shape index (κ3) is 4.49. The Balaban J connectivity index is 1.80. The van der Waals surface area contributed by atoms with Gasteiger partial charge in [-0.2, -0.15) is 0 Å². The van der Waals surface area contributed by atoms with E-state index < -0.39 is 10.9 Å². The summed E-state index contributed by atoms with van der Waals surface area (Å²) in [5.74, 6) is -0.194. The number of hydrogen-bond acceptors (Lipinski definition) is 7. The van der Waals surface area contributed by atoms with Crippen LogP contribution in [0, 0.1) is 17.0 Å². The van der Waals surface area contributed by atoms with E-state index in [9.17, 15) is 19.7 Å². The van der Waals surface area contributed by atoms with E-state index in [1.165, 1.54) is 36.4 Å². The molecule has 0 amide bonds. The van der Waals surface area contributed by atoms with E-state index in [-0.39, 0.29) is 30.4 Å². The zero-order valence-corrected chi connectivity index (χ0v) is 15.5. The van der Waals surface area contributed by atoms with Crippen LogP contribution in [0.5, 0.6) is 11.5 Å². The highest BCUT2D eigenvalue weighted by atomic mass is 16.6. The Morgan fingerprint density at radius 1 is 1.31 bits per heavy atom. The van der Waals surface area contributed by atoms with Gasteiger partial charge in [0.1, 0.15) is 18.1 Å². The third-order valence-electron chi connectivity index (χ3n) is 4.04. The monoisotopic (exact) mass is 395 g/mol. The number of esters is 1. The first-order valence-corrected chi connectivity index (χ1v) is 8.61. The lowest BCUT2D eigenvalue weighted by Crippen LogP contribution is -2.14. The van der Waals surface area contributed by atoms with Crippen LogP contribution in [0.25, 0.3) is 6.08 Å². The molecule has 2 aromatic carbocycles. The van der Waals surface area contributed by atoms with Crippen LogP contribution in [-0.2, 0) is 9.53 Å². The van der Waals surface area contributed by atoms with Gasteiger partial charge in [0, 0.05) is 18.2 Å². The zero-order chi connectivity index (χ0) is 21.0. The van der Waals surface area contributed by atoms with E-state index in [4.69, 9.17) is 14.2 Å². The van der Waals surface area contributed by atoms with Crippen LogP contribution in [0.15, 0.2) is 54.8 Å². The molecule has 1 heterocycles. The molecule has 8 heteroatoms. The summed E-state index contributed by atoms with van der Waals surface area (Å²) in [5.41, 5.74) is 1.37. The number of allylic oxidation sites excluding steroid dienone is 1. The van der Waals surface area contributed by atoms with Crippen molar-refractivity contribution < 1.29 is 28.7 Å². The van der Waals surface area contributed by atoms with Crippen molar-refractivity contribution in [3.05, 3.63) is 81.6 Å². The fourth-order valence-electron chi connectivity index (χ4n) is 2.78. The topological polar surface area (TPSA) is 105 Å². The quantitative estimate of drug-likeness (QED) is 0.232. The van der Waals surface area contributed by atoms with Crippen molar-refractivity contribution in [3.8, 4) is 11.5 Å². The van der Waals surface area contributed by atoms with Gasteiger partial charge in [0.2, 0.25) is 5.78 Å². The maximum Gasteiger partial charge on any atom is 0.344 e. The number of nitro benzene ring substituents is 1. The highest BCUT2D eigenvalue weighted by Crippen LogP contribution is 2.37. The Morgan fingerprint density at radius 3 is 2.83 bits per heavy atom. The number of non-ortho nitro benzene ring substituents is 1. The number of benzene rings is 2. The Bertz CT molecular complexity index is 1040. The molecule has 1 aliphatic heterocycles. The van der Waals surface area contributed by atoms with Gasteiger partial charge in [-0.25, -0.2) is 4.79 Å². The largest absolute Gasteiger partial charge is 0.482 e. The van der Waals surface area contributed by atoms with Crippen LogP contribution in [0.2, 0.25) is 0 Å². The molecular formula is C21H17NO7. The molecule has 8 nitrogen and oxygen atoms in total. The predicted octanol–water partition coefficient (Wildman–Crippen LogP) is 3.63. The first kappa shape index (κ1) is 19.8. The van der Waals surface area contributed by atoms with Crippen molar-refractivity contribution in [2.45, 2.75) is 6.92 Å². The normalized spacial score (nSPS) is 13.6. The van der Waals surface area contributed by atoms with Gasteiger partial charge in [-0.15, -0.1) is 0 Å². The number of hydrogen-bond donors (Lipinski definition) is 0. The van der Waals surface area contributed by atoms with Crippen molar-refractivity contribution in [1.82, 2.24) is 0 Å². The number of fused-ring (bicyclic) bond motifs is 1. The predicted molar refractivity (Wildman–Crippen MR) is 104 cm³/mol. The van der Waals surface area contributed by atoms with Gasteiger partial charge in [-0.3, -0.25) is 14.9 Å². The molecule has 0 atom stereocenters.